The third kappa shape index (κ3) is 5.91. The molecule has 2 N–H and O–H groups in total. The summed E-state index contributed by atoms with van der Waals surface area (Å²) >= 11 is 0. The van der Waals surface area contributed by atoms with Crippen LogP contribution in [0.1, 0.15) is 0 Å². The minimum absolute atomic E-state index is 0. The van der Waals surface area contributed by atoms with E-state index in [1.807, 2.05) is 0 Å². The van der Waals surface area contributed by atoms with Gasteiger partial charge in [-0.3, -0.25) is 0 Å². The topological polar surface area (TPSA) is 40.5 Å². The molecule has 0 heterocycles. The number of aliphatic hydroxyl groups excluding tert-OH is 1. The minimum atomic E-state index is -0.877. The predicted molar refractivity (Wildman–Crippen MR) is 95.8 cm³/mol. The molecule has 0 aromatic heterocycles. The van der Waals surface area contributed by atoms with E-state index in [1.165, 1.54) is 15.9 Å². The van der Waals surface area contributed by atoms with E-state index in [9.17, 15) is 0 Å². The first kappa shape index (κ1) is 19.6. The third-order valence-corrected chi connectivity index (χ3v) is 5.92. The number of benzene rings is 3. The van der Waals surface area contributed by atoms with Crippen molar-refractivity contribution < 1.29 is 27.3 Å². The van der Waals surface area contributed by atoms with Crippen molar-refractivity contribution >= 4 is 23.8 Å². The normalized spacial score (nSPS) is 9.52. The fourth-order valence-corrected chi connectivity index (χ4v) is 4.89. The first-order valence-corrected chi connectivity index (χ1v) is 8.61. The molecule has 1 radical (unpaired) electrons. The largest absolute Gasteiger partial charge is 2.00 e. The molecule has 0 saturated heterocycles. The van der Waals surface area contributed by atoms with Crippen LogP contribution in [-0.2, 0) is 17.1 Å². The van der Waals surface area contributed by atoms with Crippen molar-refractivity contribution in [1.82, 2.24) is 0 Å². The predicted octanol–water partition coefficient (Wildman–Crippen LogP) is 2.10. The number of hydrogen-bond donors (Lipinski definition) is 2. The molecule has 3 aromatic carbocycles. The Labute approximate surface area is 149 Å². The monoisotopic (exact) mass is 374 g/mol. The second-order valence-electron chi connectivity index (χ2n) is 4.61. The molecule has 3 rings (SSSR count). The van der Waals surface area contributed by atoms with Gasteiger partial charge in [0, 0.05) is 0 Å². The van der Waals surface area contributed by atoms with Gasteiger partial charge in [0.2, 0.25) is 0 Å². The number of hydrogen-bond acceptors (Lipinski definition) is 2. The van der Waals surface area contributed by atoms with Crippen LogP contribution in [0.15, 0.2) is 91.0 Å². The Morgan fingerprint density at radius 1 is 0.522 bits per heavy atom. The zero-order valence-corrected chi connectivity index (χ0v) is 14.5. The summed E-state index contributed by atoms with van der Waals surface area (Å²) in [6.07, 6.45) is 0. The van der Waals surface area contributed by atoms with Crippen molar-refractivity contribution in [3.63, 3.8) is 0 Å². The van der Waals surface area contributed by atoms with Crippen molar-refractivity contribution in [3.05, 3.63) is 91.0 Å². The van der Waals surface area contributed by atoms with Crippen molar-refractivity contribution in [2.24, 2.45) is 0 Å². The van der Waals surface area contributed by atoms with E-state index in [4.69, 9.17) is 10.2 Å². The van der Waals surface area contributed by atoms with Gasteiger partial charge in [0.05, 0.1) is 7.92 Å². The van der Waals surface area contributed by atoms with Gasteiger partial charge in [0.15, 0.2) is 0 Å². The van der Waals surface area contributed by atoms with Crippen LogP contribution in [-0.4, -0.2) is 17.0 Å². The molecule has 4 heteroatoms. The molecule has 121 valence electrons. The van der Waals surface area contributed by atoms with Gasteiger partial charge >= 0.3 is 17.1 Å². The molecule has 0 aliphatic heterocycles. The van der Waals surface area contributed by atoms with E-state index in [0.29, 0.717) is 0 Å². The van der Waals surface area contributed by atoms with Gasteiger partial charge in [-0.15, -0.1) is 0 Å². The van der Waals surface area contributed by atoms with Gasteiger partial charge in [0.1, 0.15) is 22.7 Å². The van der Waals surface area contributed by atoms with Gasteiger partial charge < -0.3 is 10.2 Å². The maximum Gasteiger partial charge on any atom is 2.00 e. The molecule has 0 unspecified atom stereocenters. The summed E-state index contributed by atoms with van der Waals surface area (Å²) in [4.78, 5) is 0. The molecule has 0 amide bonds. The third-order valence-electron chi connectivity index (χ3n) is 3.19. The van der Waals surface area contributed by atoms with Crippen molar-refractivity contribution in [3.8, 4) is 0 Å². The summed E-state index contributed by atoms with van der Waals surface area (Å²) in [5, 5.41) is 18.6. The first-order valence-electron chi connectivity index (χ1n) is 7.11. The second kappa shape index (κ2) is 11.1. The molecule has 2 nitrogen and oxygen atoms in total. The molecule has 0 atom stereocenters. The van der Waals surface area contributed by atoms with E-state index in [2.05, 4.69) is 91.0 Å². The Balaban J connectivity index is 0.000000615. The average molecular weight is 375 g/mol. The van der Waals surface area contributed by atoms with Gasteiger partial charge in [-0.2, -0.15) is 0 Å². The molecule has 3 aromatic rings. The first-order chi connectivity index (χ1) is 10.9. The molecule has 0 aliphatic rings. The van der Waals surface area contributed by atoms with Crippen LogP contribution in [0.3, 0.4) is 0 Å². The van der Waals surface area contributed by atoms with Gasteiger partial charge in [-0.25, -0.2) is 0 Å². The zero-order chi connectivity index (χ0) is 15.6. The van der Waals surface area contributed by atoms with Crippen LogP contribution in [0.25, 0.3) is 0 Å². The maximum atomic E-state index is 7.12. The summed E-state index contributed by atoms with van der Waals surface area (Å²) in [5.74, 6) is 0. The number of aliphatic hydroxyl groups is 2. The zero-order valence-electron chi connectivity index (χ0n) is 12.6. The fourth-order valence-electron chi connectivity index (χ4n) is 2.31. The molecular weight excluding hydrogens is 355 g/mol. The SMILES string of the molecule is OCO.[Cu+2].c1ccc([PH+](c2ccccc2)c2ccccc2)cc1. The molecule has 0 fully saturated rings. The van der Waals surface area contributed by atoms with E-state index < -0.39 is 14.7 Å². The van der Waals surface area contributed by atoms with Crippen LogP contribution in [0.4, 0.5) is 0 Å². The Hall–Kier alpha value is -1.47. The van der Waals surface area contributed by atoms with Gasteiger partial charge in [-0.1, -0.05) is 54.6 Å². The molecule has 0 aliphatic carbocycles. The summed E-state index contributed by atoms with van der Waals surface area (Å²) in [7, 11) is -0.877. The minimum Gasteiger partial charge on any atom is -0.371 e. The summed E-state index contributed by atoms with van der Waals surface area (Å²) in [6.45, 7) is -0.750. The average Bonchev–Trinajstić information content (AvgIpc) is 2.59. The van der Waals surface area contributed by atoms with E-state index in [0.717, 1.165) is 0 Å². The molecule has 23 heavy (non-hydrogen) atoms. The molecular formula is C19H20CuO2P+3. The van der Waals surface area contributed by atoms with E-state index in [1.54, 1.807) is 0 Å². The quantitative estimate of drug-likeness (QED) is 0.419. The summed E-state index contributed by atoms with van der Waals surface area (Å²) in [5.41, 5.74) is 0. The van der Waals surface area contributed by atoms with Gasteiger partial charge in [-0.05, 0) is 36.4 Å². The summed E-state index contributed by atoms with van der Waals surface area (Å²) in [6, 6.07) is 32.5. The van der Waals surface area contributed by atoms with Crippen LogP contribution in [0.2, 0.25) is 0 Å². The van der Waals surface area contributed by atoms with E-state index in [-0.39, 0.29) is 17.1 Å². The van der Waals surface area contributed by atoms with Crippen LogP contribution in [0, 0.1) is 0 Å². The maximum absolute atomic E-state index is 7.12. The van der Waals surface area contributed by atoms with Gasteiger partial charge in [0.25, 0.3) is 0 Å². The Kier molecular flexibility index (Phi) is 9.47. The molecule has 0 saturated carbocycles. The van der Waals surface area contributed by atoms with E-state index >= 15 is 0 Å². The molecule has 0 spiro atoms. The Morgan fingerprint density at radius 2 is 0.739 bits per heavy atom. The van der Waals surface area contributed by atoms with Crippen LogP contribution < -0.4 is 15.9 Å². The second-order valence-corrected chi connectivity index (χ2v) is 7.10. The standard InChI is InChI=1S/C18H15P.CH4O2.Cu/c1-4-10-16(11-5-1)19(17-12-6-2-7-13-17)18-14-8-3-9-15-18;2-1-3;/h1-15H;2-3H,1H2;/q;;+2/p+1. The van der Waals surface area contributed by atoms with Crippen LogP contribution in [0.5, 0.6) is 0 Å². The Morgan fingerprint density at radius 3 is 0.957 bits per heavy atom. The molecule has 0 bridgehead atoms. The fraction of sp³-hybridized carbons (Fsp3) is 0.0526. The van der Waals surface area contributed by atoms with Crippen molar-refractivity contribution in [1.29, 1.82) is 0 Å². The van der Waals surface area contributed by atoms with Crippen molar-refractivity contribution in [2.75, 3.05) is 6.79 Å². The van der Waals surface area contributed by atoms with Crippen LogP contribution >= 0.6 is 7.92 Å². The smallest absolute Gasteiger partial charge is 0.371 e. The number of rotatable bonds is 3. The Bertz CT molecular complexity index is 554. The van der Waals surface area contributed by atoms with Crippen molar-refractivity contribution in [2.45, 2.75) is 0 Å². The summed E-state index contributed by atoms with van der Waals surface area (Å²) < 4.78 is 0.